The molecule has 1 aromatic rings. The van der Waals surface area contributed by atoms with Crippen LogP contribution >= 0.6 is 11.6 Å². The molecule has 1 aliphatic rings. The number of amides is 1. The van der Waals surface area contributed by atoms with Gasteiger partial charge < -0.3 is 19.1 Å². The third-order valence-corrected chi connectivity index (χ3v) is 3.17. The van der Waals surface area contributed by atoms with Gasteiger partial charge in [-0.15, -0.1) is 11.6 Å². The van der Waals surface area contributed by atoms with Crippen LogP contribution in [0.25, 0.3) is 0 Å². The number of benzene rings is 1. The van der Waals surface area contributed by atoms with E-state index in [2.05, 4.69) is 0 Å². The zero-order valence-corrected chi connectivity index (χ0v) is 12.2. The summed E-state index contributed by atoms with van der Waals surface area (Å²) in [5.41, 5.74) is 0. The van der Waals surface area contributed by atoms with Gasteiger partial charge in [-0.2, -0.15) is 0 Å². The minimum absolute atomic E-state index is 0.0584. The van der Waals surface area contributed by atoms with Crippen LogP contribution < -0.4 is 14.2 Å². The molecule has 6 heteroatoms. The first-order valence-electron chi connectivity index (χ1n) is 6.53. The molecule has 1 amide bonds. The molecule has 0 aromatic heterocycles. The molecule has 0 saturated heterocycles. The quantitative estimate of drug-likeness (QED) is 0.572. The predicted octanol–water partition coefficient (Wildman–Crippen LogP) is 2.27. The number of carbonyl (C=O) groups is 1. The highest BCUT2D eigenvalue weighted by atomic mass is 35.5. The molecule has 0 saturated carbocycles. The lowest BCUT2D eigenvalue weighted by Crippen LogP contribution is -2.28. The van der Waals surface area contributed by atoms with Crippen LogP contribution in [0.2, 0.25) is 0 Å². The lowest BCUT2D eigenvalue weighted by Gasteiger charge is -2.16. The van der Waals surface area contributed by atoms with Crippen LogP contribution in [0.5, 0.6) is 17.2 Å². The summed E-state index contributed by atoms with van der Waals surface area (Å²) in [4.78, 5) is 13.2. The van der Waals surface area contributed by atoms with Crippen molar-refractivity contribution in [2.24, 2.45) is 0 Å². The molecule has 0 radical (unpaired) electrons. The standard InChI is InChI=1S/C14H18ClNO4/c1-16(14(17)5-6-15)7-2-8-18-11-3-4-12-13(9-11)20-10-19-12/h3-4,9H,2,5-8,10H2,1H3. The Kier molecular flexibility index (Phi) is 5.35. The Morgan fingerprint density at radius 2 is 2.20 bits per heavy atom. The third kappa shape index (κ3) is 3.93. The maximum absolute atomic E-state index is 11.5. The topological polar surface area (TPSA) is 48.0 Å². The molecule has 1 aromatic carbocycles. The molecule has 0 N–H and O–H groups in total. The van der Waals surface area contributed by atoms with E-state index in [0.717, 1.165) is 17.9 Å². The van der Waals surface area contributed by atoms with Crippen LogP contribution in [-0.2, 0) is 4.79 Å². The second-order valence-electron chi connectivity index (χ2n) is 4.47. The molecule has 1 heterocycles. The zero-order valence-electron chi connectivity index (χ0n) is 11.4. The van der Waals surface area contributed by atoms with Crippen LogP contribution in [0.4, 0.5) is 0 Å². The molecule has 0 atom stereocenters. The second-order valence-corrected chi connectivity index (χ2v) is 4.85. The van der Waals surface area contributed by atoms with Crippen LogP contribution in [0.15, 0.2) is 18.2 Å². The predicted molar refractivity (Wildman–Crippen MR) is 75.7 cm³/mol. The molecule has 5 nitrogen and oxygen atoms in total. The zero-order chi connectivity index (χ0) is 14.4. The molecule has 110 valence electrons. The summed E-state index contributed by atoms with van der Waals surface area (Å²) in [5.74, 6) is 2.60. The van der Waals surface area contributed by atoms with Crippen molar-refractivity contribution in [2.75, 3.05) is 32.9 Å². The van der Waals surface area contributed by atoms with Crippen LogP contribution in [0.3, 0.4) is 0 Å². The van der Waals surface area contributed by atoms with Gasteiger partial charge in [-0.05, 0) is 18.6 Å². The van der Waals surface area contributed by atoms with Gasteiger partial charge in [0.15, 0.2) is 11.5 Å². The van der Waals surface area contributed by atoms with E-state index in [1.54, 1.807) is 11.9 Å². The van der Waals surface area contributed by atoms with E-state index in [-0.39, 0.29) is 12.7 Å². The van der Waals surface area contributed by atoms with Gasteiger partial charge in [-0.25, -0.2) is 0 Å². The molecular formula is C14H18ClNO4. The smallest absolute Gasteiger partial charge is 0.231 e. The molecule has 0 spiro atoms. The highest BCUT2D eigenvalue weighted by Crippen LogP contribution is 2.35. The Morgan fingerprint density at radius 3 is 3.00 bits per heavy atom. The van der Waals surface area contributed by atoms with Crippen LogP contribution in [0, 0.1) is 0 Å². The lowest BCUT2D eigenvalue weighted by molar-refractivity contribution is -0.129. The minimum atomic E-state index is 0.0584. The maximum Gasteiger partial charge on any atom is 0.231 e. The highest BCUT2D eigenvalue weighted by Gasteiger charge is 2.13. The van der Waals surface area contributed by atoms with Crippen molar-refractivity contribution in [1.82, 2.24) is 4.90 Å². The normalized spacial score (nSPS) is 12.3. The lowest BCUT2D eigenvalue weighted by atomic mass is 10.3. The Bertz CT molecular complexity index is 466. The summed E-state index contributed by atoms with van der Waals surface area (Å²) in [6, 6.07) is 5.48. The van der Waals surface area contributed by atoms with Gasteiger partial charge >= 0.3 is 0 Å². The monoisotopic (exact) mass is 299 g/mol. The molecular weight excluding hydrogens is 282 g/mol. The fourth-order valence-corrected chi connectivity index (χ4v) is 2.02. The summed E-state index contributed by atoms with van der Waals surface area (Å²) < 4.78 is 16.1. The molecule has 0 aliphatic carbocycles. The second kappa shape index (κ2) is 7.24. The molecule has 1 aliphatic heterocycles. The number of carbonyl (C=O) groups excluding carboxylic acids is 1. The molecule has 20 heavy (non-hydrogen) atoms. The Hall–Kier alpha value is -1.62. The van der Waals surface area contributed by atoms with E-state index in [4.69, 9.17) is 25.8 Å². The van der Waals surface area contributed by atoms with Crippen molar-refractivity contribution in [3.63, 3.8) is 0 Å². The van der Waals surface area contributed by atoms with E-state index in [9.17, 15) is 4.79 Å². The van der Waals surface area contributed by atoms with Gasteiger partial charge in [0.05, 0.1) is 6.61 Å². The van der Waals surface area contributed by atoms with Crippen molar-refractivity contribution in [1.29, 1.82) is 0 Å². The first-order valence-corrected chi connectivity index (χ1v) is 7.06. The number of rotatable bonds is 7. The Labute approximate surface area is 123 Å². The van der Waals surface area contributed by atoms with Crippen molar-refractivity contribution >= 4 is 17.5 Å². The average Bonchev–Trinajstić information content (AvgIpc) is 2.91. The first-order chi connectivity index (χ1) is 9.70. The fraction of sp³-hybridized carbons (Fsp3) is 0.500. The molecule has 0 fully saturated rings. The summed E-state index contributed by atoms with van der Waals surface area (Å²) in [7, 11) is 1.77. The van der Waals surface area contributed by atoms with Crippen molar-refractivity contribution in [3.8, 4) is 17.2 Å². The average molecular weight is 300 g/mol. The van der Waals surface area contributed by atoms with Crippen LogP contribution in [-0.4, -0.2) is 43.7 Å². The number of nitrogens with zero attached hydrogens (tertiary/aromatic N) is 1. The first kappa shape index (κ1) is 14.8. The third-order valence-electron chi connectivity index (χ3n) is 2.98. The largest absolute Gasteiger partial charge is 0.493 e. The van der Waals surface area contributed by atoms with E-state index in [0.29, 0.717) is 31.2 Å². The molecule has 0 bridgehead atoms. The summed E-state index contributed by atoms with van der Waals surface area (Å²) in [6.45, 7) is 1.45. The van der Waals surface area contributed by atoms with Gasteiger partial charge in [-0.3, -0.25) is 4.79 Å². The minimum Gasteiger partial charge on any atom is -0.493 e. The Balaban J connectivity index is 1.70. The highest BCUT2D eigenvalue weighted by molar-refractivity contribution is 6.18. The van der Waals surface area contributed by atoms with Crippen LogP contribution in [0.1, 0.15) is 12.8 Å². The summed E-state index contributed by atoms with van der Waals surface area (Å²) >= 11 is 5.53. The van der Waals surface area contributed by atoms with Gasteiger partial charge in [0.1, 0.15) is 5.75 Å². The van der Waals surface area contributed by atoms with E-state index in [1.165, 1.54) is 0 Å². The van der Waals surface area contributed by atoms with Crippen molar-refractivity contribution in [3.05, 3.63) is 18.2 Å². The Morgan fingerprint density at radius 1 is 1.40 bits per heavy atom. The number of hydrogen-bond donors (Lipinski definition) is 0. The fourth-order valence-electron chi connectivity index (χ4n) is 1.85. The number of fused-ring (bicyclic) bond motifs is 1. The summed E-state index contributed by atoms with van der Waals surface area (Å²) in [5, 5.41) is 0. The van der Waals surface area contributed by atoms with Gasteiger partial charge in [-0.1, -0.05) is 0 Å². The molecule has 0 unspecified atom stereocenters. The van der Waals surface area contributed by atoms with Crippen molar-refractivity contribution < 1.29 is 19.0 Å². The number of alkyl halides is 1. The number of hydrogen-bond acceptors (Lipinski definition) is 4. The van der Waals surface area contributed by atoms with E-state index >= 15 is 0 Å². The van der Waals surface area contributed by atoms with E-state index in [1.807, 2.05) is 18.2 Å². The number of ether oxygens (including phenoxy) is 3. The number of halogens is 1. The van der Waals surface area contributed by atoms with Gasteiger partial charge in [0, 0.05) is 32.0 Å². The summed E-state index contributed by atoms with van der Waals surface area (Å²) in [6.07, 6.45) is 1.14. The maximum atomic E-state index is 11.5. The molecule has 2 rings (SSSR count). The SMILES string of the molecule is CN(CCCOc1ccc2c(c1)OCO2)C(=O)CCCl. The van der Waals surface area contributed by atoms with E-state index < -0.39 is 0 Å². The van der Waals surface area contributed by atoms with Crippen molar-refractivity contribution in [2.45, 2.75) is 12.8 Å². The van der Waals surface area contributed by atoms with Gasteiger partial charge in [0.2, 0.25) is 12.7 Å². The van der Waals surface area contributed by atoms with Gasteiger partial charge in [0.25, 0.3) is 0 Å².